The number of hydrogen-bond donors (Lipinski definition) is 5. The number of aromatic hydroxyl groups is 1. The number of hydrogen-bond acceptors (Lipinski definition) is 6. The van der Waals surface area contributed by atoms with E-state index in [2.05, 4.69) is 10.3 Å². The molecule has 28 heavy (non-hydrogen) atoms. The first-order valence-corrected chi connectivity index (χ1v) is 7.96. The molecule has 0 spiro atoms. The highest BCUT2D eigenvalue weighted by atomic mass is 19.1. The molecule has 1 heterocycles. The number of nitrogen functional groups attached to an aromatic ring is 2. The fraction of sp³-hybridized carbons (Fsp3) is 0. The summed E-state index contributed by atoms with van der Waals surface area (Å²) in [5.74, 6) is -3.34. The number of amides is 1. The van der Waals surface area contributed by atoms with Gasteiger partial charge in [-0.15, -0.1) is 0 Å². The topological polar surface area (TPSA) is 138 Å². The largest absolute Gasteiger partial charge is 0.508 e. The molecule has 9 heteroatoms. The first-order valence-electron chi connectivity index (χ1n) is 7.96. The summed E-state index contributed by atoms with van der Waals surface area (Å²) in [5, 5.41) is 20.2. The van der Waals surface area contributed by atoms with Crippen LogP contribution in [0, 0.1) is 17.0 Å². The van der Waals surface area contributed by atoms with E-state index >= 15 is 0 Å². The number of nitrogens with zero attached hydrogens (tertiary/aromatic N) is 1. The van der Waals surface area contributed by atoms with E-state index in [-0.39, 0.29) is 34.2 Å². The average Bonchev–Trinajstić information content (AvgIpc) is 2.66. The Balaban J connectivity index is 1.93. The molecule has 3 rings (SSSR count). The van der Waals surface area contributed by atoms with Crippen LogP contribution in [0.2, 0.25) is 0 Å². The predicted molar refractivity (Wildman–Crippen MR) is 101 cm³/mol. The van der Waals surface area contributed by atoms with Gasteiger partial charge in [0.05, 0.1) is 23.3 Å². The molecule has 7 nitrogen and oxygen atoms in total. The van der Waals surface area contributed by atoms with Gasteiger partial charge in [0, 0.05) is 11.1 Å². The number of aromatic nitrogens is 1. The summed E-state index contributed by atoms with van der Waals surface area (Å²) in [6.45, 7) is 0. The molecule has 0 radical (unpaired) electrons. The summed E-state index contributed by atoms with van der Waals surface area (Å²) in [5.41, 5.74) is 10.5. The van der Waals surface area contributed by atoms with Gasteiger partial charge in [-0.3, -0.25) is 10.2 Å². The highest BCUT2D eigenvalue weighted by molar-refractivity contribution is 6.14. The third-order valence-corrected chi connectivity index (χ3v) is 3.93. The van der Waals surface area contributed by atoms with E-state index < -0.39 is 23.1 Å². The van der Waals surface area contributed by atoms with Crippen LogP contribution in [0.3, 0.4) is 0 Å². The quantitative estimate of drug-likeness (QED) is 0.348. The second kappa shape index (κ2) is 7.31. The molecule has 0 unspecified atom stereocenters. The third-order valence-electron chi connectivity index (χ3n) is 3.93. The lowest BCUT2D eigenvalue weighted by Gasteiger charge is -2.12. The lowest BCUT2D eigenvalue weighted by atomic mass is 10.0. The van der Waals surface area contributed by atoms with E-state index in [9.17, 15) is 18.7 Å². The van der Waals surface area contributed by atoms with E-state index in [1.807, 2.05) is 0 Å². The van der Waals surface area contributed by atoms with Gasteiger partial charge in [-0.25, -0.2) is 13.8 Å². The normalized spacial score (nSPS) is 10.5. The molecule has 0 saturated heterocycles. The fourth-order valence-electron chi connectivity index (χ4n) is 2.53. The van der Waals surface area contributed by atoms with Crippen molar-refractivity contribution >= 4 is 28.8 Å². The summed E-state index contributed by atoms with van der Waals surface area (Å²) in [6, 6.07) is 9.20. The minimum absolute atomic E-state index is 0.00709. The number of pyridine rings is 1. The van der Waals surface area contributed by atoms with Gasteiger partial charge in [-0.05, 0) is 30.3 Å². The highest BCUT2D eigenvalue weighted by Crippen LogP contribution is 2.23. The van der Waals surface area contributed by atoms with Crippen LogP contribution in [-0.4, -0.2) is 21.7 Å². The molecule has 0 fully saturated rings. The van der Waals surface area contributed by atoms with Crippen molar-refractivity contribution in [3.63, 3.8) is 0 Å². The number of phenolic OH excluding ortho intramolecular Hbond substituents is 1. The van der Waals surface area contributed by atoms with Gasteiger partial charge < -0.3 is 21.9 Å². The molecular weight excluding hydrogens is 368 g/mol. The molecule has 0 aliphatic heterocycles. The molecule has 142 valence electrons. The SMILES string of the molecule is N=C(c1cccc(O)c1)c1cc(NC(=O)c2c(F)ccc(N)c2F)cnc1N. The number of rotatable bonds is 4. The fourth-order valence-corrected chi connectivity index (χ4v) is 2.53. The second-order valence-corrected chi connectivity index (χ2v) is 5.86. The molecule has 0 bridgehead atoms. The molecular formula is C19H15F2N5O2. The van der Waals surface area contributed by atoms with Crippen molar-refractivity contribution in [2.24, 2.45) is 0 Å². The number of benzene rings is 2. The van der Waals surface area contributed by atoms with Crippen molar-refractivity contribution in [2.45, 2.75) is 0 Å². The van der Waals surface area contributed by atoms with Crippen molar-refractivity contribution in [1.82, 2.24) is 4.98 Å². The Morgan fingerprint density at radius 3 is 2.61 bits per heavy atom. The highest BCUT2D eigenvalue weighted by Gasteiger charge is 2.20. The van der Waals surface area contributed by atoms with Crippen LogP contribution in [0.15, 0.2) is 48.7 Å². The maximum absolute atomic E-state index is 14.0. The van der Waals surface area contributed by atoms with E-state index in [4.69, 9.17) is 16.9 Å². The lowest BCUT2D eigenvalue weighted by Crippen LogP contribution is -2.18. The molecule has 2 aromatic carbocycles. The van der Waals surface area contributed by atoms with Crippen LogP contribution >= 0.6 is 0 Å². The third kappa shape index (κ3) is 3.58. The Bertz CT molecular complexity index is 1100. The van der Waals surface area contributed by atoms with E-state index in [0.717, 1.165) is 12.1 Å². The van der Waals surface area contributed by atoms with Gasteiger partial charge in [0.15, 0.2) is 5.82 Å². The monoisotopic (exact) mass is 383 g/mol. The number of phenols is 1. The zero-order chi connectivity index (χ0) is 20.4. The minimum Gasteiger partial charge on any atom is -0.508 e. The van der Waals surface area contributed by atoms with Gasteiger partial charge in [-0.1, -0.05) is 12.1 Å². The van der Waals surface area contributed by atoms with E-state index in [0.29, 0.717) is 5.56 Å². The van der Waals surface area contributed by atoms with Crippen LogP contribution in [0.25, 0.3) is 0 Å². The van der Waals surface area contributed by atoms with Crippen molar-refractivity contribution in [1.29, 1.82) is 5.41 Å². The van der Waals surface area contributed by atoms with Gasteiger partial charge in [0.25, 0.3) is 5.91 Å². The number of anilines is 3. The average molecular weight is 383 g/mol. The van der Waals surface area contributed by atoms with Gasteiger partial charge >= 0.3 is 0 Å². The first kappa shape index (κ1) is 18.8. The Kier molecular flexibility index (Phi) is 4.90. The number of carbonyl (C=O) groups excluding carboxylic acids is 1. The van der Waals surface area contributed by atoms with Crippen molar-refractivity contribution in [3.8, 4) is 5.75 Å². The van der Waals surface area contributed by atoms with Crippen LogP contribution in [0.1, 0.15) is 21.5 Å². The van der Waals surface area contributed by atoms with Gasteiger partial charge in [0.1, 0.15) is 22.9 Å². The molecule has 7 N–H and O–H groups in total. The Morgan fingerprint density at radius 2 is 1.89 bits per heavy atom. The Morgan fingerprint density at radius 1 is 1.14 bits per heavy atom. The predicted octanol–water partition coefficient (Wildman–Crippen LogP) is 2.90. The lowest BCUT2D eigenvalue weighted by molar-refractivity contribution is 0.101. The molecule has 0 aliphatic carbocycles. The molecule has 1 amide bonds. The summed E-state index contributed by atoms with van der Waals surface area (Å²) >= 11 is 0. The first-order chi connectivity index (χ1) is 13.3. The number of nitrogens with one attached hydrogen (secondary N) is 2. The van der Waals surface area contributed by atoms with Crippen LogP contribution in [-0.2, 0) is 0 Å². The minimum atomic E-state index is -1.17. The maximum atomic E-state index is 14.0. The van der Waals surface area contributed by atoms with Crippen LogP contribution < -0.4 is 16.8 Å². The summed E-state index contributed by atoms with van der Waals surface area (Å²) in [4.78, 5) is 16.2. The van der Waals surface area contributed by atoms with E-state index in [1.54, 1.807) is 12.1 Å². The molecule has 3 aromatic rings. The van der Waals surface area contributed by atoms with Crippen molar-refractivity contribution < 1.29 is 18.7 Å². The van der Waals surface area contributed by atoms with Gasteiger partial charge in [-0.2, -0.15) is 0 Å². The van der Waals surface area contributed by atoms with E-state index in [1.165, 1.54) is 24.4 Å². The standard InChI is InChI=1S/C19H15F2N5O2/c20-13-4-5-14(22)16(21)15(13)19(28)26-10-7-12(18(24)25-8-10)17(23)9-2-1-3-11(27)6-9/h1-8,23,27H,22H2,(H2,24,25)(H,26,28). The molecule has 0 aliphatic rings. The smallest absolute Gasteiger partial charge is 0.261 e. The maximum Gasteiger partial charge on any atom is 0.261 e. The summed E-state index contributed by atoms with van der Waals surface area (Å²) in [6.07, 6.45) is 1.19. The zero-order valence-electron chi connectivity index (χ0n) is 14.3. The van der Waals surface area contributed by atoms with Crippen molar-refractivity contribution in [3.05, 3.63) is 77.0 Å². The van der Waals surface area contributed by atoms with Crippen molar-refractivity contribution in [2.75, 3.05) is 16.8 Å². The number of nitrogens with two attached hydrogens (primary N) is 2. The van der Waals surface area contributed by atoms with Crippen LogP contribution in [0.5, 0.6) is 5.75 Å². The number of halogens is 2. The summed E-state index contributed by atoms with van der Waals surface area (Å²) < 4.78 is 27.9. The molecule has 1 aromatic heterocycles. The second-order valence-electron chi connectivity index (χ2n) is 5.86. The Hall–Kier alpha value is -4.01. The van der Waals surface area contributed by atoms with Crippen LogP contribution in [0.4, 0.5) is 26.0 Å². The molecule has 0 saturated carbocycles. The molecule has 0 atom stereocenters. The summed E-state index contributed by atoms with van der Waals surface area (Å²) in [7, 11) is 0. The zero-order valence-corrected chi connectivity index (χ0v) is 14.3. The van der Waals surface area contributed by atoms with Gasteiger partial charge in [0.2, 0.25) is 0 Å². The Labute approximate surface area is 158 Å². The number of carbonyl (C=O) groups is 1.